The number of aryl methyl sites for hydroxylation is 2. The second kappa shape index (κ2) is 6.97. The number of nitrogens with zero attached hydrogens (tertiary/aromatic N) is 1. The van der Waals surface area contributed by atoms with Gasteiger partial charge >= 0.3 is 5.97 Å². The number of ether oxygens (including phenoxy) is 2. The van der Waals surface area contributed by atoms with Gasteiger partial charge < -0.3 is 14.4 Å². The zero-order valence-corrected chi connectivity index (χ0v) is 14.6. The summed E-state index contributed by atoms with van der Waals surface area (Å²) < 4.78 is 10.7. The van der Waals surface area contributed by atoms with Gasteiger partial charge in [0.05, 0.1) is 13.0 Å². The summed E-state index contributed by atoms with van der Waals surface area (Å²) in [5, 5.41) is 0. The molecule has 0 N–H and O–H groups in total. The Hall–Kier alpha value is -2.82. The summed E-state index contributed by atoms with van der Waals surface area (Å²) in [6.45, 7) is 4.22. The van der Waals surface area contributed by atoms with Gasteiger partial charge in [-0.05, 0) is 49.2 Å². The molecule has 25 heavy (non-hydrogen) atoms. The van der Waals surface area contributed by atoms with Gasteiger partial charge in [-0.15, -0.1) is 0 Å². The number of hydrogen-bond donors (Lipinski definition) is 0. The summed E-state index contributed by atoms with van der Waals surface area (Å²) in [7, 11) is 1.58. The molecule has 0 unspecified atom stereocenters. The van der Waals surface area contributed by atoms with Crippen LogP contribution in [0, 0.1) is 19.8 Å². The average molecular weight is 339 g/mol. The minimum absolute atomic E-state index is 0.0874. The van der Waals surface area contributed by atoms with Crippen LogP contribution >= 0.6 is 0 Å². The Bertz CT molecular complexity index is 795. The Morgan fingerprint density at radius 3 is 2.48 bits per heavy atom. The highest BCUT2D eigenvalue weighted by Gasteiger charge is 2.36. The third-order valence-corrected chi connectivity index (χ3v) is 4.24. The minimum atomic E-state index is -0.473. The maximum Gasteiger partial charge on any atom is 0.316 e. The largest absolute Gasteiger partial charge is 0.497 e. The van der Waals surface area contributed by atoms with E-state index >= 15 is 0 Å². The van der Waals surface area contributed by atoms with Crippen LogP contribution in [0.25, 0.3) is 0 Å². The molecule has 2 aromatic carbocycles. The summed E-state index contributed by atoms with van der Waals surface area (Å²) in [6.07, 6.45) is 0.154. The van der Waals surface area contributed by atoms with Gasteiger partial charge in [0, 0.05) is 24.7 Å². The van der Waals surface area contributed by atoms with Crippen LogP contribution in [-0.4, -0.2) is 25.5 Å². The van der Waals surface area contributed by atoms with Gasteiger partial charge in [-0.25, -0.2) is 0 Å². The molecule has 1 saturated heterocycles. The van der Waals surface area contributed by atoms with E-state index in [1.54, 1.807) is 18.1 Å². The Morgan fingerprint density at radius 2 is 1.80 bits per heavy atom. The van der Waals surface area contributed by atoms with Crippen molar-refractivity contribution in [3.05, 3.63) is 53.6 Å². The molecule has 5 heteroatoms. The quantitative estimate of drug-likeness (QED) is 0.634. The lowest BCUT2D eigenvalue weighted by Crippen LogP contribution is -2.27. The smallest absolute Gasteiger partial charge is 0.316 e. The van der Waals surface area contributed by atoms with Crippen LogP contribution in [0.5, 0.6) is 11.5 Å². The first-order valence-electron chi connectivity index (χ1n) is 8.20. The molecular formula is C20H21NO4. The SMILES string of the molecule is COc1cccc(N2C[C@@H](C(=O)Oc3cc(C)cc(C)c3)CC2=O)c1. The minimum Gasteiger partial charge on any atom is -0.497 e. The van der Waals surface area contributed by atoms with Gasteiger partial charge in [0.25, 0.3) is 0 Å². The van der Waals surface area contributed by atoms with E-state index in [9.17, 15) is 9.59 Å². The van der Waals surface area contributed by atoms with E-state index in [-0.39, 0.29) is 18.3 Å². The van der Waals surface area contributed by atoms with E-state index in [2.05, 4.69) is 0 Å². The predicted octanol–water partition coefficient (Wildman–Crippen LogP) is 3.27. The Morgan fingerprint density at radius 1 is 1.08 bits per heavy atom. The molecule has 1 aliphatic heterocycles. The monoisotopic (exact) mass is 339 g/mol. The van der Waals surface area contributed by atoms with E-state index < -0.39 is 5.92 Å². The van der Waals surface area contributed by atoms with Crippen LogP contribution in [0.4, 0.5) is 5.69 Å². The molecule has 1 aliphatic rings. The van der Waals surface area contributed by atoms with Crippen molar-refractivity contribution in [1.29, 1.82) is 0 Å². The Balaban J connectivity index is 1.72. The van der Waals surface area contributed by atoms with E-state index in [1.807, 2.05) is 50.2 Å². The first kappa shape index (κ1) is 17.0. The molecule has 0 radical (unpaired) electrons. The zero-order valence-electron chi connectivity index (χ0n) is 14.6. The van der Waals surface area contributed by atoms with Crippen LogP contribution < -0.4 is 14.4 Å². The first-order chi connectivity index (χ1) is 12.0. The van der Waals surface area contributed by atoms with Crippen molar-refractivity contribution in [3.63, 3.8) is 0 Å². The molecule has 3 rings (SSSR count). The lowest BCUT2D eigenvalue weighted by Gasteiger charge is -2.17. The molecule has 1 fully saturated rings. The maximum absolute atomic E-state index is 12.5. The zero-order chi connectivity index (χ0) is 18.0. The first-order valence-corrected chi connectivity index (χ1v) is 8.20. The molecule has 0 aliphatic carbocycles. The van der Waals surface area contributed by atoms with Crippen molar-refractivity contribution < 1.29 is 19.1 Å². The second-order valence-corrected chi connectivity index (χ2v) is 6.35. The molecular weight excluding hydrogens is 318 g/mol. The van der Waals surface area contributed by atoms with E-state index in [0.29, 0.717) is 18.0 Å². The third kappa shape index (κ3) is 3.82. The predicted molar refractivity (Wildman–Crippen MR) is 95.0 cm³/mol. The number of rotatable bonds is 4. The summed E-state index contributed by atoms with van der Waals surface area (Å²) in [4.78, 5) is 26.4. The normalized spacial score (nSPS) is 16.8. The number of carbonyl (C=O) groups excluding carboxylic acids is 2. The van der Waals surface area contributed by atoms with Gasteiger partial charge in [0.15, 0.2) is 0 Å². The van der Waals surface area contributed by atoms with E-state index in [0.717, 1.165) is 16.8 Å². The number of esters is 1. The fourth-order valence-electron chi connectivity index (χ4n) is 3.08. The van der Waals surface area contributed by atoms with E-state index in [4.69, 9.17) is 9.47 Å². The van der Waals surface area contributed by atoms with Gasteiger partial charge in [-0.2, -0.15) is 0 Å². The average Bonchev–Trinajstić information content (AvgIpc) is 2.96. The third-order valence-electron chi connectivity index (χ3n) is 4.24. The summed E-state index contributed by atoms with van der Waals surface area (Å²) in [5.41, 5.74) is 2.79. The number of anilines is 1. The van der Waals surface area contributed by atoms with Crippen molar-refractivity contribution in [1.82, 2.24) is 0 Å². The molecule has 1 atom stereocenters. The van der Waals surface area contributed by atoms with Crippen molar-refractivity contribution in [3.8, 4) is 11.5 Å². The highest BCUT2D eigenvalue weighted by Crippen LogP contribution is 2.29. The number of benzene rings is 2. The number of amides is 1. The fourth-order valence-corrected chi connectivity index (χ4v) is 3.08. The summed E-state index contributed by atoms with van der Waals surface area (Å²) in [6, 6.07) is 12.9. The Kier molecular flexibility index (Phi) is 4.74. The van der Waals surface area contributed by atoms with Gasteiger partial charge in [0.2, 0.25) is 5.91 Å². The second-order valence-electron chi connectivity index (χ2n) is 6.35. The molecule has 1 heterocycles. The maximum atomic E-state index is 12.5. The van der Waals surface area contributed by atoms with E-state index in [1.165, 1.54) is 0 Å². The van der Waals surface area contributed by atoms with Crippen LogP contribution in [0.2, 0.25) is 0 Å². The van der Waals surface area contributed by atoms with Crippen LogP contribution in [0.15, 0.2) is 42.5 Å². The molecule has 0 saturated carbocycles. The van der Waals surface area contributed by atoms with Crippen molar-refractivity contribution in [2.75, 3.05) is 18.6 Å². The topological polar surface area (TPSA) is 55.8 Å². The van der Waals surface area contributed by atoms with Gasteiger partial charge in [-0.1, -0.05) is 12.1 Å². The molecule has 2 aromatic rings. The molecule has 0 spiro atoms. The van der Waals surface area contributed by atoms with Crippen molar-refractivity contribution >= 4 is 17.6 Å². The van der Waals surface area contributed by atoms with Crippen LogP contribution in [0.1, 0.15) is 17.5 Å². The van der Waals surface area contributed by atoms with Crippen molar-refractivity contribution in [2.24, 2.45) is 5.92 Å². The number of carbonyl (C=O) groups is 2. The number of methoxy groups -OCH3 is 1. The molecule has 1 amide bonds. The highest BCUT2D eigenvalue weighted by molar-refractivity contribution is 5.99. The summed E-state index contributed by atoms with van der Waals surface area (Å²) >= 11 is 0. The Labute approximate surface area is 147 Å². The number of hydrogen-bond acceptors (Lipinski definition) is 4. The molecule has 0 aromatic heterocycles. The van der Waals surface area contributed by atoms with Crippen LogP contribution in [0.3, 0.4) is 0 Å². The summed E-state index contributed by atoms with van der Waals surface area (Å²) in [5.74, 6) is 0.264. The van der Waals surface area contributed by atoms with Gasteiger partial charge in [-0.3, -0.25) is 9.59 Å². The lowest BCUT2D eigenvalue weighted by atomic mass is 10.1. The molecule has 5 nitrogen and oxygen atoms in total. The standard InChI is InChI=1S/C20H21NO4/c1-13-7-14(2)9-18(8-13)25-20(23)15-10-19(22)21(12-15)16-5-4-6-17(11-16)24-3/h4-9,11,15H,10,12H2,1-3H3/t15-/m0/s1. The van der Waals surface area contributed by atoms with Gasteiger partial charge in [0.1, 0.15) is 11.5 Å². The van der Waals surface area contributed by atoms with Crippen LogP contribution in [-0.2, 0) is 9.59 Å². The van der Waals surface area contributed by atoms with Crippen molar-refractivity contribution in [2.45, 2.75) is 20.3 Å². The fraction of sp³-hybridized carbons (Fsp3) is 0.300. The molecule has 130 valence electrons. The lowest BCUT2D eigenvalue weighted by molar-refractivity contribution is -0.139. The highest BCUT2D eigenvalue weighted by atomic mass is 16.5. The molecule has 0 bridgehead atoms.